The Kier molecular flexibility index (Phi) is 7.32. The van der Waals surface area contributed by atoms with Gasteiger partial charge in [-0.25, -0.2) is 0 Å². The van der Waals surface area contributed by atoms with Gasteiger partial charge in [0, 0.05) is 35.1 Å². The van der Waals surface area contributed by atoms with Crippen LogP contribution in [0.1, 0.15) is 66.1 Å². The molecule has 1 heterocycles. The SMILES string of the molecule is CC1(C)CC(C(=O)O)c2cc(C#N)c(Oc3ccc(C(=O)CCCc4ccc(Cl)cc4)cc3)cc2O1. The maximum atomic E-state index is 12.6. The zero-order valence-corrected chi connectivity index (χ0v) is 20.8. The van der Waals surface area contributed by atoms with Crippen molar-refractivity contribution in [2.24, 2.45) is 0 Å². The molecule has 3 aromatic rings. The molecule has 3 aromatic carbocycles. The van der Waals surface area contributed by atoms with E-state index < -0.39 is 17.5 Å². The van der Waals surface area contributed by atoms with Crippen LogP contribution < -0.4 is 9.47 Å². The number of ether oxygens (including phenoxy) is 2. The summed E-state index contributed by atoms with van der Waals surface area (Å²) in [6, 6.07) is 19.5. The van der Waals surface area contributed by atoms with Crippen molar-refractivity contribution in [2.75, 3.05) is 0 Å². The summed E-state index contributed by atoms with van der Waals surface area (Å²) in [5, 5.41) is 20.0. The third-order valence-corrected chi connectivity index (χ3v) is 6.43. The Bertz CT molecular complexity index is 1320. The highest BCUT2D eigenvalue weighted by atomic mass is 35.5. The van der Waals surface area contributed by atoms with Gasteiger partial charge in [0.25, 0.3) is 0 Å². The number of carboxylic acid groups (broad SMARTS) is 1. The molecule has 1 N–H and O–H groups in total. The van der Waals surface area contributed by atoms with Crippen molar-refractivity contribution in [3.8, 4) is 23.3 Å². The summed E-state index contributed by atoms with van der Waals surface area (Å²) in [6.45, 7) is 3.66. The molecule has 0 aromatic heterocycles. The van der Waals surface area contributed by atoms with E-state index in [0.717, 1.165) is 18.4 Å². The van der Waals surface area contributed by atoms with E-state index in [2.05, 4.69) is 6.07 Å². The number of rotatable bonds is 8. The second kappa shape index (κ2) is 10.4. The summed E-state index contributed by atoms with van der Waals surface area (Å²) >= 11 is 5.91. The van der Waals surface area contributed by atoms with Crippen molar-refractivity contribution in [3.05, 3.63) is 87.9 Å². The first kappa shape index (κ1) is 25.3. The zero-order valence-electron chi connectivity index (χ0n) is 20.1. The minimum Gasteiger partial charge on any atom is -0.487 e. The van der Waals surface area contributed by atoms with E-state index in [9.17, 15) is 20.0 Å². The van der Waals surface area contributed by atoms with E-state index in [4.69, 9.17) is 21.1 Å². The molecule has 0 saturated heterocycles. The van der Waals surface area contributed by atoms with Gasteiger partial charge >= 0.3 is 5.97 Å². The molecule has 0 aliphatic carbocycles. The molecular formula is C29H26ClNO5. The lowest BCUT2D eigenvalue weighted by Gasteiger charge is -2.36. The average Bonchev–Trinajstić information content (AvgIpc) is 2.84. The average molecular weight is 504 g/mol. The number of hydrogen-bond acceptors (Lipinski definition) is 5. The van der Waals surface area contributed by atoms with Gasteiger partial charge in [0.2, 0.25) is 0 Å². The molecule has 0 bridgehead atoms. The van der Waals surface area contributed by atoms with Crippen LogP contribution in [0, 0.1) is 11.3 Å². The number of Topliss-reactive ketones (excluding diaryl/α,β-unsaturated/α-hetero) is 1. The van der Waals surface area contributed by atoms with Gasteiger partial charge in [-0.3, -0.25) is 9.59 Å². The Morgan fingerprint density at radius 1 is 1.14 bits per heavy atom. The van der Waals surface area contributed by atoms with Crippen molar-refractivity contribution < 1.29 is 24.2 Å². The molecule has 6 nitrogen and oxygen atoms in total. The van der Waals surface area contributed by atoms with E-state index in [1.54, 1.807) is 30.3 Å². The Morgan fingerprint density at radius 3 is 2.47 bits per heavy atom. The molecule has 7 heteroatoms. The first-order valence-corrected chi connectivity index (χ1v) is 12.1. The zero-order chi connectivity index (χ0) is 25.9. The van der Waals surface area contributed by atoms with Crippen LogP contribution in [-0.4, -0.2) is 22.5 Å². The maximum Gasteiger partial charge on any atom is 0.311 e. The molecule has 1 unspecified atom stereocenters. The second-order valence-electron chi connectivity index (χ2n) is 9.48. The van der Waals surface area contributed by atoms with Crippen LogP contribution in [-0.2, 0) is 11.2 Å². The summed E-state index contributed by atoms with van der Waals surface area (Å²) in [4.78, 5) is 24.4. The van der Waals surface area contributed by atoms with Crippen LogP contribution in [0.25, 0.3) is 0 Å². The summed E-state index contributed by atoms with van der Waals surface area (Å²) in [6.07, 6.45) is 2.24. The lowest BCUT2D eigenvalue weighted by atomic mass is 9.83. The number of carbonyl (C=O) groups is 2. The molecule has 1 aliphatic rings. The van der Waals surface area contributed by atoms with Crippen molar-refractivity contribution in [1.82, 2.24) is 0 Å². The van der Waals surface area contributed by atoms with Gasteiger partial charge < -0.3 is 14.6 Å². The third kappa shape index (κ3) is 5.87. The molecule has 1 aliphatic heterocycles. The number of carbonyl (C=O) groups excluding carboxylic acids is 1. The van der Waals surface area contributed by atoms with Gasteiger partial charge in [0.15, 0.2) is 5.78 Å². The first-order valence-electron chi connectivity index (χ1n) is 11.7. The van der Waals surface area contributed by atoms with Crippen molar-refractivity contribution in [3.63, 3.8) is 0 Å². The predicted molar refractivity (Wildman–Crippen MR) is 136 cm³/mol. The van der Waals surface area contributed by atoms with Crippen LogP contribution >= 0.6 is 11.6 Å². The summed E-state index contributed by atoms with van der Waals surface area (Å²) in [7, 11) is 0. The molecule has 4 rings (SSSR count). The first-order chi connectivity index (χ1) is 17.1. The quantitative estimate of drug-likeness (QED) is 0.334. The molecule has 36 heavy (non-hydrogen) atoms. The predicted octanol–water partition coefficient (Wildman–Crippen LogP) is 6.94. The van der Waals surface area contributed by atoms with E-state index in [0.29, 0.717) is 40.5 Å². The van der Waals surface area contributed by atoms with Gasteiger partial charge in [-0.1, -0.05) is 23.7 Å². The van der Waals surface area contributed by atoms with Gasteiger partial charge in [-0.15, -0.1) is 0 Å². The van der Waals surface area contributed by atoms with E-state index in [-0.39, 0.29) is 17.1 Å². The minimum atomic E-state index is -0.960. The van der Waals surface area contributed by atoms with Crippen LogP contribution in [0.5, 0.6) is 17.2 Å². The molecule has 0 amide bonds. The summed E-state index contributed by atoms with van der Waals surface area (Å²) in [5.41, 5.74) is 1.72. The Balaban J connectivity index is 1.45. The molecule has 0 spiro atoms. The van der Waals surface area contributed by atoms with E-state index in [1.807, 2.05) is 38.1 Å². The standard InChI is InChI=1S/C29H26ClNO5/c1-29(2)16-24(28(33)34)23-14-20(17-31)26(15-27(23)36-29)35-22-12-8-19(9-13-22)25(32)5-3-4-18-6-10-21(30)11-7-18/h6-15,24H,3-5,16H2,1-2H3,(H,33,34). The molecule has 184 valence electrons. The summed E-state index contributed by atoms with van der Waals surface area (Å²) in [5.74, 6) is -0.583. The van der Waals surface area contributed by atoms with Crippen LogP contribution in [0.2, 0.25) is 5.02 Å². The number of halogens is 1. The van der Waals surface area contributed by atoms with Crippen molar-refractivity contribution in [2.45, 2.75) is 51.0 Å². The Morgan fingerprint density at radius 2 is 1.83 bits per heavy atom. The van der Waals surface area contributed by atoms with Gasteiger partial charge in [-0.05, 0) is 74.7 Å². The molecule has 0 fully saturated rings. The molecular weight excluding hydrogens is 478 g/mol. The highest BCUT2D eigenvalue weighted by Crippen LogP contribution is 2.44. The minimum absolute atomic E-state index is 0.0392. The number of carboxylic acids is 1. The fraction of sp³-hybridized carbons (Fsp3) is 0.276. The Hall–Kier alpha value is -3.82. The fourth-order valence-corrected chi connectivity index (χ4v) is 4.48. The molecule has 1 atom stereocenters. The number of nitriles is 1. The topological polar surface area (TPSA) is 96.6 Å². The normalized spacial score (nSPS) is 15.8. The Labute approximate surface area is 215 Å². The third-order valence-electron chi connectivity index (χ3n) is 6.17. The van der Waals surface area contributed by atoms with Crippen LogP contribution in [0.15, 0.2) is 60.7 Å². The lowest BCUT2D eigenvalue weighted by molar-refractivity contribution is -0.140. The van der Waals surface area contributed by atoms with Gasteiger partial charge in [-0.2, -0.15) is 5.26 Å². The van der Waals surface area contributed by atoms with Crippen molar-refractivity contribution in [1.29, 1.82) is 5.26 Å². The monoisotopic (exact) mass is 503 g/mol. The highest BCUT2D eigenvalue weighted by Gasteiger charge is 2.38. The number of fused-ring (bicyclic) bond motifs is 1. The molecule has 0 saturated carbocycles. The summed E-state index contributed by atoms with van der Waals surface area (Å²) < 4.78 is 11.9. The van der Waals surface area contributed by atoms with Crippen LogP contribution in [0.3, 0.4) is 0 Å². The largest absolute Gasteiger partial charge is 0.487 e. The number of hydrogen-bond donors (Lipinski definition) is 1. The number of benzene rings is 3. The highest BCUT2D eigenvalue weighted by molar-refractivity contribution is 6.30. The van der Waals surface area contributed by atoms with E-state index in [1.165, 1.54) is 6.07 Å². The van der Waals surface area contributed by atoms with E-state index >= 15 is 0 Å². The lowest BCUT2D eigenvalue weighted by Crippen LogP contribution is -2.37. The molecule has 0 radical (unpaired) electrons. The smallest absolute Gasteiger partial charge is 0.311 e. The number of ketones is 1. The maximum absolute atomic E-state index is 12.6. The number of nitrogens with zero attached hydrogens (tertiary/aromatic N) is 1. The number of aryl methyl sites for hydroxylation is 1. The second-order valence-corrected chi connectivity index (χ2v) is 9.92. The fourth-order valence-electron chi connectivity index (χ4n) is 4.36. The number of aliphatic carboxylic acids is 1. The van der Waals surface area contributed by atoms with Gasteiger partial charge in [0.05, 0.1) is 11.5 Å². The van der Waals surface area contributed by atoms with Gasteiger partial charge in [0.1, 0.15) is 28.9 Å². The van der Waals surface area contributed by atoms with Crippen molar-refractivity contribution >= 4 is 23.4 Å². The van der Waals surface area contributed by atoms with Crippen LogP contribution in [0.4, 0.5) is 0 Å².